The standard InChI is InChI=1S/C15H23Cl3Ge/c1-9(2)12-7-13(10(3)4)15(19(16,17)18)14(8-12)11(5)6/h7-11H,1-6H3. The van der Waals surface area contributed by atoms with E-state index in [0.29, 0.717) is 17.8 Å². The van der Waals surface area contributed by atoms with Crippen molar-refractivity contribution in [2.75, 3.05) is 0 Å². The Balaban J connectivity index is 3.66. The molecule has 0 spiro atoms. The van der Waals surface area contributed by atoms with Gasteiger partial charge in [0.25, 0.3) is 0 Å². The molecule has 0 saturated heterocycles. The van der Waals surface area contributed by atoms with Crippen LogP contribution in [-0.2, 0) is 0 Å². The normalized spacial score (nSPS) is 12.8. The van der Waals surface area contributed by atoms with Crippen molar-refractivity contribution in [3.05, 3.63) is 28.8 Å². The average Bonchev–Trinajstić information content (AvgIpc) is 2.25. The summed E-state index contributed by atoms with van der Waals surface area (Å²) in [6, 6.07) is 4.48. The first-order valence-electron chi connectivity index (χ1n) is 6.80. The van der Waals surface area contributed by atoms with Crippen molar-refractivity contribution in [3.8, 4) is 0 Å². The molecule has 4 heteroatoms. The number of hydrogen-bond acceptors (Lipinski definition) is 0. The fourth-order valence-corrected chi connectivity index (χ4v) is 8.57. The van der Waals surface area contributed by atoms with E-state index < -0.39 is 10.5 Å². The summed E-state index contributed by atoms with van der Waals surface area (Å²) in [6.07, 6.45) is 0. The maximum absolute atomic E-state index is 6.41. The molecule has 0 bridgehead atoms. The molecule has 0 aliphatic carbocycles. The molecule has 1 aromatic rings. The molecule has 0 radical (unpaired) electrons. The Kier molecular flexibility index (Phi) is 6.14. The van der Waals surface area contributed by atoms with Gasteiger partial charge in [-0.25, -0.2) is 0 Å². The van der Waals surface area contributed by atoms with E-state index in [1.807, 2.05) is 0 Å². The summed E-state index contributed by atoms with van der Waals surface area (Å²) in [7, 11) is 15.8. The van der Waals surface area contributed by atoms with Crippen LogP contribution >= 0.6 is 30.0 Å². The Bertz CT molecular complexity index is 416. The SMILES string of the molecule is CC(C)c1cc(C(C)C)[c]([Ge]([Cl])([Cl])[Cl])c(C(C)C)c1. The first-order chi connectivity index (χ1) is 8.55. The molecule has 0 atom stereocenters. The second-order valence-electron chi connectivity index (χ2n) is 6.04. The molecule has 0 unspecified atom stereocenters. The zero-order valence-corrected chi connectivity index (χ0v) is 16.9. The first kappa shape index (κ1) is 17.7. The Morgan fingerprint density at radius 3 is 1.32 bits per heavy atom. The van der Waals surface area contributed by atoms with E-state index in [2.05, 4.69) is 53.7 Å². The third-order valence-corrected chi connectivity index (χ3v) is 8.76. The number of benzene rings is 1. The molecule has 19 heavy (non-hydrogen) atoms. The number of rotatable bonds is 4. The Labute approximate surface area is 132 Å². The van der Waals surface area contributed by atoms with Crippen molar-refractivity contribution >= 4 is 44.9 Å². The zero-order valence-electron chi connectivity index (χ0n) is 12.5. The minimum atomic E-state index is -3.42. The third kappa shape index (κ3) is 4.30. The third-order valence-electron chi connectivity index (χ3n) is 3.42. The van der Waals surface area contributed by atoms with Crippen LogP contribution in [-0.4, -0.2) is 10.5 Å². The molecule has 0 aromatic heterocycles. The maximum atomic E-state index is 6.41. The van der Waals surface area contributed by atoms with Gasteiger partial charge in [0.2, 0.25) is 0 Å². The van der Waals surface area contributed by atoms with Crippen LogP contribution in [0.4, 0.5) is 0 Å². The van der Waals surface area contributed by atoms with Gasteiger partial charge in [-0.15, -0.1) is 0 Å². The van der Waals surface area contributed by atoms with Crippen LogP contribution in [0.1, 0.15) is 76.0 Å². The van der Waals surface area contributed by atoms with Crippen molar-refractivity contribution in [3.63, 3.8) is 0 Å². The van der Waals surface area contributed by atoms with E-state index in [9.17, 15) is 0 Å². The van der Waals surface area contributed by atoms with Crippen LogP contribution in [0.3, 0.4) is 0 Å². The van der Waals surface area contributed by atoms with Crippen LogP contribution in [0.2, 0.25) is 0 Å². The van der Waals surface area contributed by atoms with E-state index in [-0.39, 0.29) is 0 Å². The van der Waals surface area contributed by atoms with Crippen LogP contribution in [0.5, 0.6) is 0 Å². The summed E-state index contributed by atoms with van der Waals surface area (Å²) in [4.78, 5) is 0. The van der Waals surface area contributed by atoms with Crippen LogP contribution < -0.4 is 4.40 Å². The number of hydrogen-bond donors (Lipinski definition) is 0. The summed E-state index contributed by atoms with van der Waals surface area (Å²) in [6.45, 7) is 13.1. The van der Waals surface area contributed by atoms with Gasteiger partial charge in [0.15, 0.2) is 0 Å². The predicted molar refractivity (Wildman–Crippen MR) is 91.7 cm³/mol. The van der Waals surface area contributed by atoms with Gasteiger partial charge in [-0.1, -0.05) is 0 Å². The molecule has 0 aliphatic heterocycles. The van der Waals surface area contributed by atoms with Crippen molar-refractivity contribution in [2.45, 2.75) is 59.3 Å². The second-order valence-corrected chi connectivity index (χ2v) is 21.0. The van der Waals surface area contributed by atoms with Crippen LogP contribution in [0, 0.1) is 0 Å². The summed E-state index contributed by atoms with van der Waals surface area (Å²) in [5.41, 5.74) is 3.80. The zero-order chi connectivity index (χ0) is 15.0. The molecule has 0 aliphatic rings. The van der Waals surface area contributed by atoms with E-state index in [1.54, 1.807) is 0 Å². The van der Waals surface area contributed by atoms with Gasteiger partial charge in [-0.2, -0.15) is 0 Å². The summed E-state index contributed by atoms with van der Waals surface area (Å²) >= 11 is 0. The van der Waals surface area contributed by atoms with Gasteiger partial charge < -0.3 is 0 Å². The van der Waals surface area contributed by atoms with E-state index >= 15 is 0 Å². The second kappa shape index (κ2) is 6.60. The summed E-state index contributed by atoms with van der Waals surface area (Å²) in [5.74, 6) is 1.26. The van der Waals surface area contributed by atoms with Gasteiger partial charge in [-0.05, 0) is 0 Å². The van der Waals surface area contributed by atoms with Crippen molar-refractivity contribution in [1.29, 1.82) is 0 Å². The van der Waals surface area contributed by atoms with Crippen molar-refractivity contribution < 1.29 is 0 Å². The minimum absolute atomic E-state index is 0.382. The summed E-state index contributed by atoms with van der Waals surface area (Å²) in [5, 5.41) is 0. The van der Waals surface area contributed by atoms with Gasteiger partial charge in [0.05, 0.1) is 0 Å². The molecule has 0 heterocycles. The summed E-state index contributed by atoms with van der Waals surface area (Å²) < 4.78 is 1.06. The molecule has 0 N–H and O–H groups in total. The first-order valence-corrected chi connectivity index (χ1v) is 16.1. The van der Waals surface area contributed by atoms with E-state index in [4.69, 9.17) is 30.0 Å². The van der Waals surface area contributed by atoms with E-state index in [0.717, 1.165) is 4.40 Å². The van der Waals surface area contributed by atoms with E-state index in [1.165, 1.54) is 16.7 Å². The Morgan fingerprint density at radius 1 is 0.737 bits per heavy atom. The molecule has 0 amide bonds. The monoisotopic (exact) mass is 382 g/mol. The van der Waals surface area contributed by atoms with Gasteiger partial charge in [-0.3, -0.25) is 0 Å². The molecular weight excluding hydrogens is 359 g/mol. The fraction of sp³-hybridized carbons (Fsp3) is 0.600. The van der Waals surface area contributed by atoms with Gasteiger partial charge >= 0.3 is 133 Å². The Morgan fingerprint density at radius 2 is 1.11 bits per heavy atom. The van der Waals surface area contributed by atoms with Crippen LogP contribution in [0.25, 0.3) is 0 Å². The van der Waals surface area contributed by atoms with Crippen molar-refractivity contribution in [2.24, 2.45) is 0 Å². The Hall–Kier alpha value is 0.633. The van der Waals surface area contributed by atoms with Gasteiger partial charge in [0, 0.05) is 0 Å². The molecule has 0 fully saturated rings. The topological polar surface area (TPSA) is 0 Å². The van der Waals surface area contributed by atoms with Crippen molar-refractivity contribution in [1.82, 2.24) is 0 Å². The molecule has 1 aromatic carbocycles. The number of halogens is 3. The predicted octanol–water partition coefficient (Wildman–Crippen LogP) is 5.92. The average molecular weight is 382 g/mol. The van der Waals surface area contributed by atoms with Gasteiger partial charge in [0.1, 0.15) is 0 Å². The quantitative estimate of drug-likeness (QED) is 0.567. The molecular formula is C15H23Cl3Ge. The molecule has 0 saturated carbocycles. The fourth-order valence-electron chi connectivity index (χ4n) is 2.28. The molecule has 1 rings (SSSR count). The molecule has 108 valence electrons. The van der Waals surface area contributed by atoms with Crippen LogP contribution in [0.15, 0.2) is 12.1 Å². The molecule has 0 nitrogen and oxygen atoms in total.